The van der Waals surface area contributed by atoms with Crippen LogP contribution in [0.25, 0.3) is 0 Å². The molecule has 1 aromatic rings. The molecule has 0 unspecified atom stereocenters. The zero-order valence-corrected chi connectivity index (χ0v) is 13.3. The van der Waals surface area contributed by atoms with Crippen LogP contribution in [-0.2, 0) is 14.3 Å². The van der Waals surface area contributed by atoms with Gasteiger partial charge < -0.3 is 14.6 Å². The van der Waals surface area contributed by atoms with Crippen LogP contribution < -0.4 is 9.64 Å². The fourth-order valence-electron chi connectivity index (χ4n) is 2.66. The van der Waals surface area contributed by atoms with Crippen molar-refractivity contribution in [2.75, 3.05) is 25.2 Å². The molecule has 0 bridgehead atoms. The molecule has 1 fully saturated rings. The highest BCUT2D eigenvalue weighted by Gasteiger charge is 2.48. The zero-order chi connectivity index (χ0) is 17.0. The summed E-state index contributed by atoms with van der Waals surface area (Å²) < 4.78 is 10.3. The molecule has 6 nitrogen and oxygen atoms in total. The predicted molar refractivity (Wildman–Crippen MR) is 84.7 cm³/mol. The van der Waals surface area contributed by atoms with Crippen LogP contribution >= 0.6 is 11.6 Å². The second-order valence-electron chi connectivity index (χ2n) is 5.05. The Morgan fingerprint density at radius 2 is 2.09 bits per heavy atom. The number of carboxylic acid groups (broad SMARTS) is 1. The molecular formula is C16H16ClNO5. The predicted octanol–water partition coefficient (Wildman–Crippen LogP) is 1.95. The second-order valence-corrected chi connectivity index (χ2v) is 5.46. The lowest BCUT2D eigenvalue weighted by atomic mass is 9.87. The third-order valence-corrected chi connectivity index (χ3v) is 4.16. The van der Waals surface area contributed by atoms with Crippen LogP contribution in [0.4, 0.5) is 5.69 Å². The molecule has 0 atom stereocenters. The molecule has 1 aliphatic heterocycles. The molecule has 1 N–H and O–H groups in total. The Hall–Kier alpha value is -2.23. The Morgan fingerprint density at radius 1 is 1.43 bits per heavy atom. The van der Waals surface area contributed by atoms with Gasteiger partial charge in [0.25, 0.3) is 0 Å². The number of aliphatic carboxylic acids is 1. The van der Waals surface area contributed by atoms with Crippen molar-refractivity contribution < 1.29 is 24.2 Å². The molecule has 1 aliphatic rings. The molecule has 1 amide bonds. The summed E-state index contributed by atoms with van der Waals surface area (Å²) in [6.07, 6.45) is 5.52. The quantitative estimate of drug-likeness (QED) is 0.850. The summed E-state index contributed by atoms with van der Waals surface area (Å²) in [5, 5.41) is 10.0. The number of methoxy groups -OCH3 is 1. The van der Waals surface area contributed by atoms with E-state index in [4.69, 9.17) is 27.5 Å². The largest absolute Gasteiger partial charge is 0.495 e. The number of carbonyl (C=O) groups is 2. The topological polar surface area (TPSA) is 76.1 Å². The van der Waals surface area contributed by atoms with E-state index in [1.165, 1.54) is 13.2 Å². The van der Waals surface area contributed by atoms with Gasteiger partial charge in [-0.1, -0.05) is 11.6 Å². The van der Waals surface area contributed by atoms with Gasteiger partial charge in [0.1, 0.15) is 5.75 Å². The van der Waals surface area contributed by atoms with E-state index in [2.05, 4.69) is 0 Å². The first-order valence-electron chi connectivity index (χ1n) is 6.92. The molecule has 23 heavy (non-hydrogen) atoms. The van der Waals surface area contributed by atoms with Crippen LogP contribution in [0.3, 0.4) is 0 Å². The second kappa shape index (κ2) is 6.90. The maximum Gasteiger partial charge on any atom is 0.330 e. The lowest BCUT2D eigenvalue weighted by Crippen LogP contribution is -2.60. The van der Waals surface area contributed by atoms with Crippen LogP contribution in [0.5, 0.6) is 5.75 Å². The molecule has 0 aromatic heterocycles. The summed E-state index contributed by atoms with van der Waals surface area (Å²) in [4.78, 5) is 25.4. The van der Waals surface area contributed by atoms with Crippen molar-refractivity contribution in [3.63, 3.8) is 0 Å². The molecule has 0 aliphatic carbocycles. The van der Waals surface area contributed by atoms with E-state index in [0.717, 1.165) is 4.90 Å². The monoisotopic (exact) mass is 337 g/mol. The number of rotatable bonds is 4. The maximum atomic E-state index is 12.3. The van der Waals surface area contributed by atoms with Crippen molar-refractivity contribution >= 4 is 29.2 Å². The van der Waals surface area contributed by atoms with Crippen LogP contribution in [0.2, 0.25) is 5.02 Å². The van der Waals surface area contributed by atoms with Gasteiger partial charge in [-0.3, -0.25) is 9.69 Å². The first-order chi connectivity index (χ1) is 11.0. The van der Waals surface area contributed by atoms with Gasteiger partial charge in [-0.25, -0.2) is 4.79 Å². The summed E-state index contributed by atoms with van der Waals surface area (Å²) in [6.45, 7) is 0.453. The Kier molecular flexibility index (Phi) is 5.14. The first-order valence-corrected chi connectivity index (χ1v) is 7.29. The minimum atomic E-state index is -1.46. The molecule has 2 rings (SSSR count). The van der Waals surface area contributed by atoms with Crippen molar-refractivity contribution in [2.24, 2.45) is 0 Å². The summed E-state index contributed by atoms with van der Waals surface area (Å²) in [5.41, 5.74) is -1.15. The summed E-state index contributed by atoms with van der Waals surface area (Å²) in [6, 6.07) is 4.58. The van der Waals surface area contributed by atoms with Crippen LogP contribution in [0, 0.1) is 12.3 Å². The van der Waals surface area contributed by atoms with Gasteiger partial charge in [0, 0.05) is 31.7 Å². The van der Waals surface area contributed by atoms with Gasteiger partial charge >= 0.3 is 11.9 Å². The van der Waals surface area contributed by atoms with Crippen LogP contribution in [-0.4, -0.2) is 42.8 Å². The van der Waals surface area contributed by atoms with E-state index in [-0.39, 0.29) is 31.1 Å². The fraction of sp³-hybridized carbons (Fsp3) is 0.375. The first kappa shape index (κ1) is 17.1. The summed E-state index contributed by atoms with van der Waals surface area (Å²) in [5.74, 6) is 0.545. The summed E-state index contributed by atoms with van der Waals surface area (Å²) >= 11 is 6.10. The molecule has 0 saturated carbocycles. The number of amides is 1. The van der Waals surface area contributed by atoms with E-state index < -0.39 is 17.4 Å². The molecule has 1 aromatic carbocycles. The normalized spacial score (nSPS) is 16.2. The standard InChI is InChI=1S/C16H16ClNO5/c1-3-14(19)18(11-4-5-13(22-2)12(17)10-11)16(15(20)21)6-8-23-9-7-16/h1,4-5,10H,6-9H2,2H3,(H,20,21). The van der Waals surface area contributed by atoms with E-state index in [1.807, 2.05) is 5.92 Å². The number of carbonyl (C=O) groups excluding carboxylic acids is 1. The average molecular weight is 338 g/mol. The van der Waals surface area contributed by atoms with Crippen LogP contribution in [0.15, 0.2) is 18.2 Å². The van der Waals surface area contributed by atoms with Gasteiger partial charge in [0.15, 0.2) is 5.54 Å². The molecule has 7 heteroatoms. The smallest absolute Gasteiger partial charge is 0.330 e. The number of anilines is 1. The number of ether oxygens (including phenoxy) is 2. The highest BCUT2D eigenvalue weighted by molar-refractivity contribution is 6.32. The number of halogens is 1. The molecule has 122 valence electrons. The molecule has 1 saturated heterocycles. The number of hydrogen-bond donors (Lipinski definition) is 1. The molecule has 1 heterocycles. The fourth-order valence-corrected chi connectivity index (χ4v) is 2.91. The molecule has 0 radical (unpaired) electrons. The number of carboxylic acids is 1. The summed E-state index contributed by atoms with van der Waals surface area (Å²) in [7, 11) is 1.46. The molecule has 0 spiro atoms. The van der Waals surface area contributed by atoms with Gasteiger partial charge in [-0.2, -0.15) is 0 Å². The highest BCUT2D eigenvalue weighted by Crippen LogP contribution is 2.36. The minimum Gasteiger partial charge on any atom is -0.495 e. The van der Waals surface area contributed by atoms with E-state index in [9.17, 15) is 14.7 Å². The maximum absolute atomic E-state index is 12.3. The Morgan fingerprint density at radius 3 is 2.57 bits per heavy atom. The molecular weight excluding hydrogens is 322 g/mol. The van der Waals surface area contributed by atoms with E-state index >= 15 is 0 Å². The van der Waals surface area contributed by atoms with Gasteiger partial charge in [0.2, 0.25) is 0 Å². The SMILES string of the molecule is C#CC(=O)N(c1ccc(OC)c(Cl)c1)C1(C(=O)O)CCOCC1. The Balaban J connectivity index is 2.56. The third-order valence-electron chi connectivity index (χ3n) is 3.87. The van der Waals surface area contributed by atoms with Crippen molar-refractivity contribution in [1.29, 1.82) is 0 Å². The van der Waals surface area contributed by atoms with Crippen molar-refractivity contribution in [3.05, 3.63) is 23.2 Å². The number of benzene rings is 1. The van der Waals surface area contributed by atoms with Crippen LogP contribution in [0.1, 0.15) is 12.8 Å². The van der Waals surface area contributed by atoms with Gasteiger partial charge in [0.05, 0.1) is 12.1 Å². The lowest BCUT2D eigenvalue weighted by molar-refractivity contribution is -0.148. The zero-order valence-electron chi connectivity index (χ0n) is 12.5. The van der Waals surface area contributed by atoms with Crippen molar-refractivity contribution in [3.8, 4) is 18.1 Å². The average Bonchev–Trinajstić information content (AvgIpc) is 2.55. The van der Waals surface area contributed by atoms with Gasteiger partial charge in [-0.05, 0) is 24.1 Å². The van der Waals surface area contributed by atoms with Crippen molar-refractivity contribution in [1.82, 2.24) is 0 Å². The number of hydrogen-bond acceptors (Lipinski definition) is 4. The lowest BCUT2D eigenvalue weighted by Gasteiger charge is -2.42. The third kappa shape index (κ3) is 3.11. The van der Waals surface area contributed by atoms with E-state index in [0.29, 0.717) is 11.4 Å². The number of terminal acetylenes is 1. The van der Waals surface area contributed by atoms with Gasteiger partial charge in [-0.15, -0.1) is 6.42 Å². The minimum absolute atomic E-state index is 0.138. The number of nitrogens with zero attached hydrogens (tertiary/aromatic N) is 1. The van der Waals surface area contributed by atoms with E-state index in [1.54, 1.807) is 12.1 Å². The highest BCUT2D eigenvalue weighted by atomic mass is 35.5. The Labute approximate surface area is 138 Å². The van der Waals surface area contributed by atoms with Crippen molar-refractivity contribution in [2.45, 2.75) is 18.4 Å². The Bertz CT molecular complexity index is 661.